The highest BCUT2D eigenvalue weighted by atomic mass is 16.6. The average Bonchev–Trinajstić information content (AvgIpc) is 3.51. The molecule has 1 aromatic carbocycles. The van der Waals surface area contributed by atoms with Gasteiger partial charge in [-0.3, -0.25) is 9.59 Å². The molecule has 1 saturated heterocycles. The molecule has 3 rings (SSSR count). The first-order valence-corrected chi connectivity index (χ1v) is 13.4. The zero-order valence-corrected chi connectivity index (χ0v) is 22.4. The maximum atomic E-state index is 14.2. The van der Waals surface area contributed by atoms with Crippen molar-refractivity contribution in [3.8, 4) is 5.75 Å². The molecule has 0 spiro atoms. The van der Waals surface area contributed by atoms with Crippen LogP contribution >= 0.6 is 0 Å². The van der Waals surface area contributed by atoms with Gasteiger partial charge in [-0.05, 0) is 88.8 Å². The van der Waals surface area contributed by atoms with E-state index >= 15 is 0 Å². The zero-order chi connectivity index (χ0) is 26.6. The quantitative estimate of drug-likeness (QED) is 0.300. The van der Waals surface area contributed by atoms with E-state index in [1.54, 1.807) is 19.1 Å². The summed E-state index contributed by atoms with van der Waals surface area (Å²) in [6.07, 6.45) is 5.20. The molecule has 2 aliphatic rings. The fourth-order valence-electron chi connectivity index (χ4n) is 5.73. The van der Waals surface area contributed by atoms with Gasteiger partial charge in [-0.15, -0.1) is 0 Å². The molecule has 2 fully saturated rings. The van der Waals surface area contributed by atoms with Gasteiger partial charge in [0.05, 0.1) is 17.4 Å². The van der Waals surface area contributed by atoms with E-state index in [2.05, 4.69) is 0 Å². The maximum Gasteiger partial charge on any atom is 0.347 e. The van der Waals surface area contributed by atoms with E-state index in [9.17, 15) is 19.5 Å². The molecule has 0 radical (unpaired) electrons. The fourth-order valence-corrected chi connectivity index (χ4v) is 5.73. The molecule has 0 bridgehead atoms. The second kappa shape index (κ2) is 11.2. The number of benzene rings is 1. The van der Waals surface area contributed by atoms with E-state index in [4.69, 9.17) is 14.2 Å². The number of hydrogen-bond acceptors (Lipinski definition) is 7. The number of carbonyl (C=O) groups excluding carboxylic acids is 3. The summed E-state index contributed by atoms with van der Waals surface area (Å²) >= 11 is 0. The van der Waals surface area contributed by atoms with E-state index in [-0.39, 0.29) is 18.3 Å². The van der Waals surface area contributed by atoms with E-state index in [1.165, 1.54) is 0 Å². The van der Waals surface area contributed by atoms with Crippen LogP contribution in [0.5, 0.6) is 5.75 Å². The van der Waals surface area contributed by atoms with E-state index < -0.39 is 40.4 Å². The molecule has 4 atom stereocenters. The van der Waals surface area contributed by atoms with Crippen molar-refractivity contribution in [3.63, 3.8) is 0 Å². The van der Waals surface area contributed by atoms with Gasteiger partial charge in [0.1, 0.15) is 11.4 Å². The van der Waals surface area contributed by atoms with Crippen molar-refractivity contribution in [2.24, 2.45) is 10.8 Å². The van der Waals surface area contributed by atoms with Crippen LogP contribution in [-0.2, 0) is 28.6 Å². The molecular weight excluding hydrogens is 460 g/mol. The van der Waals surface area contributed by atoms with Crippen molar-refractivity contribution in [1.29, 1.82) is 0 Å². The van der Waals surface area contributed by atoms with Crippen molar-refractivity contribution >= 4 is 17.9 Å². The maximum absolute atomic E-state index is 14.2. The number of esters is 3. The normalized spacial score (nSPS) is 23.2. The SMILES string of the molecule is CCC(CC(C)(C(=O)OC1(CC)CCCC1)C(C)(CC)C(=O)OC1CCOC1=O)c1ccc(O)cc1. The van der Waals surface area contributed by atoms with Crippen LogP contribution in [0.1, 0.15) is 104 Å². The van der Waals surface area contributed by atoms with Gasteiger partial charge in [0.2, 0.25) is 6.10 Å². The van der Waals surface area contributed by atoms with Crippen LogP contribution in [0.25, 0.3) is 0 Å². The first kappa shape index (κ1) is 28.0. The molecule has 1 N–H and O–H groups in total. The molecule has 4 unspecified atom stereocenters. The van der Waals surface area contributed by atoms with E-state index in [0.717, 1.165) is 44.1 Å². The molecule has 0 aromatic heterocycles. The third-order valence-electron chi connectivity index (χ3n) is 8.94. The number of phenols is 1. The van der Waals surface area contributed by atoms with Crippen molar-refractivity contribution in [1.82, 2.24) is 0 Å². The monoisotopic (exact) mass is 502 g/mol. The summed E-state index contributed by atoms with van der Waals surface area (Å²) in [5.74, 6) is -1.39. The topological polar surface area (TPSA) is 99.1 Å². The third-order valence-corrected chi connectivity index (χ3v) is 8.94. The van der Waals surface area contributed by atoms with Crippen molar-refractivity contribution in [2.75, 3.05) is 6.61 Å². The van der Waals surface area contributed by atoms with Crippen molar-refractivity contribution in [3.05, 3.63) is 29.8 Å². The number of hydrogen-bond donors (Lipinski definition) is 1. The van der Waals surface area contributed by atoms with Gasteiger partial charge in [0.25, 0.3) is 0 Å². The van der Waals surface area contributed by atoms with Gasteiger partial charge in [-0.25, -0.2) is 4.79 Å². The molecule has 1 aliphatic heterocycles. The predicted molar refractivity (Wildman–Crippen MR) is 135 cm³/mol. The zero-order valence-electron chi connectivity index (χ0n) is 22.4. The van der Waals surface area contributed by atoms with Crippen LogP contribution in [0.15, 0.2) is 24.3 Å². The van der Waals surface area contributed by atoms with Crippen LogP contribution in [0, 0.1) is 10.8 Å². The number of carbonyl (C=O) groups is 3. The Morgan fingerprint density at radius 2 is 1.72 bits per heavy atom. The molecule has 7 nitrogen and oxygen atoms in total. The van der Waals surface area contributed by atoms with Crippen LogP contribution < -0.4 is 0 Å². The lowest BCUT2D eigenvalue weighted by Crippen LogP contribution is -2.53. The Balaban J connectivity index is 2.00. The minimum atomic E-state index is -1.23. The van der Waals surface area contributed by atoms with Gasteiger partial charge in [-0.2, -0.15) is 0 Å². The Morgan fingerprint density at radius 1 is 1.08 bits per heavy atom. The number of rotatable bonds is 11. The Labute approximate surface area is 214 Å². The van der Waals surface area contributed by atoms with Crippen LogP contribution in [0.3, 0.4) is 0 Å². The molecule has 1 aliphatic carbocycles. The van der Waals surface area contributed by atoms with Crippen LogP contribution in [-0.4, -0.2) is 41.3 Å². The second-order valence-electron chi connectivity index (χ2n) is 10.9. The number of phenolic OH excluding ortho intramolecular Hbond substituents is 1. The largest absolute Gasteiger partial charge is 0.508 e. The highest BCUT2D eigenvalue weighted by molar-refractivity contribution is 5.90. The summed E-state index contributed by atoms with van der Waals surface area (Å²) in [7, 11) is 0. The highest BCUT2D eigenvalue weighted by Crippen LogP contribution is 2.52. The summed E-state index contributed by atoms with van der Waals surface area (Å²) in [6.45, 7) is 9.75. The Morgan fingerprint density at radius 3 is 2.22 bits per heavy atom. The van der Waals surface area contributed by atoms with Crippen molar-refractivity contribution < 1.29 is 33.7 Å². The third kappa shape index (κ3) is 5.40. The summed E-state index contributed by atoms with van der Waals surface area (Å²) in [6, 6.07) is 6.99. The number of aromatic hydroxyl groups is 1. The standard InChI is InChI=1S/C29H42O7/c1-6-20(21-11-13-22(30)14-12-21)19-28(5,26(33)36-29(8-3)16-9-10-17-29)27(4,7-2)25(32)35-23-15-18-34-24(23)31/h11-14,20,23,30H,6-10,15-19H2,1-5H3. The second-order valence-corrected chi connectivity index (χ2v) is 10.9. The lowest BCUT2D eigenvalue weighted by Gasteiger charge is -2.45. The molecule has 36 heavy (non-hydrogen) atoms. The Bertz CT molecular complexity index is 933. The summed E-state index contributed by atoms with van der Waals surface area (Å²) in [4.78, 5) is 39.9. The van der Waals surface area contributed by atoms with Gasteiger partial charge < -0.3 is 19.3 Å². The molecule has 7 heteroatoms. The minimum absolute atomic E-state index is 0.0561. The molecule has 1 saturated carbocycles. The molecule has 1 heterocycles. The Kier molecular flexibility index (Phi) is 8.73. The first-order valence-electron chi connectivity index (χ1n) is 13.4. The smallest absolute Gasteiger partial charge is 0.347 e. The predicted octanol–water partition coefficient (Wildman–Crippen LogP) is 5.82. The molecule has 1 aromatic rings. The van der Waals surface area contributed by atoms with Crippen LogP contribution in [0.2, 0.25) is 0 Å². The lowest BCUT2D eigenvalue weighted by molar-refractivity contribution is -0.193. The van der Waals surface area contributed by atoms with Gasteiger partial charge in [-0.1, -0.05) is 32.9 Å². The Hall–Kier alpha value is -2.57. The van der Waals surface area contributed by atoms with E-state index in [0.29, 0.717) is 19.3 Å². The highest BCUT2D eigenvalue weighted by Gasteiger charge is 2.58. The molecule has 0 amide bonds. The van der Waals surface area contributed by atoms with Crippen LogP contribution in [0.4, 0.5) is 0 Å². The first-order chi connectivity index (χ1) is 17.0. The fraction of sp³-hybridized carbons (Fsp3) is 0.690. The van der Waals surface area contributed by atoms with Gasteiger partial charge in [0, 0.05) is 6.42 Å². The summed E-state index contributed by atoms with van der Waals surface area (Å²) in [5, 5.41) is 9.77. The minimum Gasteiger partial charge on any atom is -0.508 e. The lowest BCUT2D eigenvalue weighted by atomic mass is 9.59. The van der Waals surface area contributed by atoms with Gasteiger partial charge >= 0.3 is 17.9 Å². The molecular formula is C29H42O7. The summed E-state index contributed by atoms with van der Waals surface area (Å²) < 4.78 is 17.0. The average molecular weight is 503 g/mol. The summed E-state index contributed by atoms with van der Waals surface area (Å²) in [5.41, 5.74) is -1.98. The van der Waals surface area contributed by atoms with Gasteiger partial charge in [0.15, 0.2) is 0 Å². The number of ether oxygens (including phenoxy) is 3. The molecule has 200 valence electrons. The van der Waals surface area contributed by atoms with E-state index in [1.807, 2.05) is 39.8 Å². The number of cyclic esters (lactones) is 1. The van der Waals surface area contributed by atoms with Crippen molar-refractivity contribution in [2.45, 2.75) is 110 Å².